The number of ether oxygens (including phenoxy) is 6. The van der Waals surface area contributed by atoms with Gasteiger partial charge in [0, 0.05) is 39.6 Å². The van der Waals surface area contributed by atoms with E-state index in [1.807, 2.05) is 66.7 Å². The van der Waals surface area contributed by atoms with Gasteiger partial charge in [-0.25, -0.2) is 4.98 Å². The van der Waals surface area contributed by atoms with Crippen molar-refractivity contribution in [2.45, 2.75) is 0 Å². The number of hydrogen-bond acceptors (Lipinski definition) is 12. The van der Waals surface area contributed by atoms with Crippen LogP contribution in [0.5, 0.6) is 34.5 Å². The minimum Gasteiger partial charge on any atom is -0.493 e. The summed E-state index contributed by atoms with van der Waals surface area (Å²) < 4.78 is 42.7. The fourth-order valence-corrected chi connectivity index (χ4v) is 5.82. The van der Waals surface area contributed by atoms with Crippen molar-refractivity contribution in [1.82, 2.24) is 14.5 Å². The lowest BCUT2D eigenvalue weighted by Crippen LogP contribution is -2.12. The average molecular weight is 681 g/mol. The van der Waals surface area contributed by atoms with Gasteiger partial charge in [0.2, 0.25) is 11.5 Å². The van der Waals surface area contributed by atoms with Crippen LogP contribution in [0.15, 0.2) is 83.4 Å². The first kappa shape index (κ1) is 32.8. The second kappa shape index (κ2) is 14.4. The Morgan fingerprint density at radius 2 is 1.16 bits per heavy atom. The maximum Gasteiger partial charge on any atom is 0.255 e. The summed E-state index contributed by atoms with van der Waals surface area (Å²) >= 11 is 1.29. The molecule has 12 nitrogen and oxygen atoms in total. The standard InChI is InChI=1S/C36H32N4O8S/c1-42-28-15-23(16-29(43-2)32(28)46-5)27-19-26(39-48-27)20-7-9-21(10-8-20)34-38-36(49-40-34)22-11-13-25(14-12-22)37-35(41)24-17-30(44-3)33(47-6)31(18-24)45-4/h7-19H,1-6H3,(H,37,41). The number of carbonyl (C=O) groups is 1. The Morgan fingerprint density at radius 1 is 0.633 bits per heavy atom. The highest BCUT2D eigenvalue weighted by Gasteiger charge is 2.19. The predicted molar refractivity (Wildman–Crippen MR) is 185 cm³/mol. The van der Waals surface area contributed by atoms with Crippen molar-refractivity contribution in [2.24, 2.45) is 0 Å². The lowest BCUT2D eigenvalue weighted by atomic mass is 10.1. The molecule has 4 aromatic carbocycles. The van der Waals surface area contributed by atoms with Crippen LogP contribution in [0.4, 0.5) is 5.69 Å². The third-order valence-corrected chi connectivity index (χ3v) is 8.41. The molecule has 0 atom stereocenters. The summed E-state index contributed by atoms with van der Waals surface area (Å²) in [4.78, 5) is 17.8. The van der Waals surface area contributed by atoms with Gasteiger partial charge in [0.15, 0.2) is 34.6 Å². The van der Waals surface area contributed by atoms with Crippen molar-refractivity contribution >= 4 is 23.1 Å². The van der Waals surface area contributed by atoms with Gasteiger partial charge >= 0.3 is 0 Å². The van der Waals surface area contributed by atoms with Crippen LogP contribution in [0.3, 0.4) is 0 Å². The van der Waals surface area contributed by atoms with Crippen LogP contribution in [0.2, 0.25) is 0 Å². The molecule has 0 fully saturated rings. The first-order chi connectivity index (χ1) is 23.9. The molecule has 6 rings (SSSR count). The van der Waals surface area contributed by atoms with Crippen LogP contribution in [-0.4, -0.2) is 63.1 Å². The Bertz CT molecular complexity index is 2040. The lowest BCUT2D eigenvalue weighted by molar-refractivity contribution is 0.102. The molecular weight excluding hydrogens is 648 g/mol. The van der Waals surface area contributed by atoms with Crippen LogP contribution < -0.4 is 33.7 Å². The number of rotatable bonds is 12. The highest BCUT2D eigenvalue weighted by molar-refractivity contribution is 7.09. The third-order valence-electron chi connectivity index (χ3n) is 7.64. The quantitative estimate of drug-likeness (QED) is 0.138. The van der Waals surface area contributed by atoms with Gasteiger partial charge < -0.3 is 38.3 Å². The summed E-state index contributed by atoms with van der Waals surface area (Å²) in [6, 6.07) is 23.8. The largest absolute Gasteiger partial charge is 0.493 e. The first-order valence-electron chi connectivity index (χ1n) is 14.8. The molecule has 2 heterocycles. The van der Waals surface area contributed by atoms with Crippen LogP contribution in [0, 0.1) is 0 Å². The maximum atomic E-state index is 13.0. The molecule has 0 saturated heterocycles. The van der Waals surface area contributed by atoms with Gasteiger partial charge in [-0.05, 0) is 60.1 Å². The van der Waals surface area contributed by atoms with Crippen molar-refractivity contribution in [3.05, 3.63) is 84.4 Å². The average Bonchev–Trinajstić information content (AvgIpc) is 3.85. The lowest BCUT2D eigenvalue weighted by Gasteiger charge is -2.14. The second-order valence-corrected chi connectivity index (χ2v) is 11.2. The molecule has 0 aliphatic rings. The summed E-state index contributed by atoms with van der Waals surface area (Å²) in [6.45, 7) is 0. The minimum absolute atomic E-state index is 0.323. The van der Waals surface area contributed by atoms with Crippen LogP contribution in [-0.2, 0) is 0 Å². The highest BCUT2D eigenvalue weighted by atomic mass is 32.1. The summed E-state index contributed by atoms with van der Waals surface area (Å²) in [5.74, 6) is 3.56. The monoisotopic (exact) mass is 680 g/mol. The second-order valence-electron chi connectivity index (χ2n) is 10.4. The smallest absolute Gasteiger partial charge is 0.255 e. The number of carbonyl (C=O) groups excluding carboxylic acids is 1. The molecule has 250 valence electrons. The fraction of sp³-hybridized carbons (Fsp3) is 0.167. The van der Waals surface area contributed by atoms with E-state index in [0.29, 0.717) is 63.0 Å². The Hall–Kier alpha value is -6.08. The Morgan fingerprint density at radius 3 is 1.71 bits per heavy atom. The molecule has 0 radical (unpaired) electrons. The summed E-state index contributed by atoms with van der Waals surface area (Å²) in [7, 11) is 9.19. The molecule has 0 aliphatic heterocycles. The normalized spacial score (nSPS) is 10.7. The van der Waals surface area contributed by atoms with Gasteiger partial charge in [0.25, 0.3) is 5.91 Å². The zero-order valence-electron chi connectivity index (χ0n) is 27.5. The molecule has 1 amide bonds. The van der Waals surface area contributed by atoms with E-state index in [9.17, 15) is 4.79 Å². The van der Waals surface area contributed by atoms with E-state index in [0.717, 1.165) is 27.3 Å². The number of nitrogens with one attached hydrogen (secondary N) is 1. The number of nitrogens with zero attached hydrogens (tertiary/aromatic N) is 3. The minimum atomic E-state index is -0.323. The van der Waals surface area contributed by atoms with E-state index < -0.39 is 0 Å². The van der Waals surface area contributed by atoms with Gasteiger partial charge in [-0.15, -0.1) is 0 Å². The molecule has 0 unspecified atom stereocenters. The maximum absolute atomic E-state index is 13.0. The Kier molecular flexibility index (Phi) is 9.62. The zero-order valence-corrected chi connectivity index (χ0v) is 28.3. The number of aromatic nitrogens is 3. The molecule has 0 bridgehead atoms. The van der Waals surface area contributed by atoms with Gasteiger partial charge in [0.05, 0.1) is 42.7 Å². The molecular formula is C36H32N4O8S. The Labute approximate surface area is 286 Å². The summed E-state index contributed by atoms with van der Waals surface area (Å²) in [5.41, 5.74) is 4.97. The summed E-state index contributed by atoms with van der Waals surface area (Å²) in [5, 5.41) is 7.91. The topological polar surface area (TPSA) is 136 Å². The van der Waals surface area contributed by atoms with Crippen LogP contribution in [0.1, 0.15) is 10.4 Å². The van der Waals surface area contributed by atoms with Gasteiger partial charge in [-0.2, -0.15) is 4.37 Å². The number of hydrogen-bond donors (Lipinski definition) is 1. The van der Waals surface area contributed by atoms with E-state index in [1.165, 1.54) is 32.9 Å². The zero-order chi connectivity index (χ0) is 34.5. The molecule has 0 aliphatic carbocycles. The van der Waals surface area contributed by atoms with Crippen molar-refractivity contribution in [1.29, 1.82) is 0 Å². The van der Waals surface area contributed by atoms with Gasteiger partial charge in [0.1, 0.15) is 10.7 Å². The number of benzene rings is 4. The number of amides is 1. The van der Waals surface area contributed by atoms with E-state index in [-0.39, 0.29) is 5.91 Å². The predicted octanol–water partition coefficient (Wildman–Crippen LogP) is 7.50. The van der Waals surface area contributed by atoms with Crippen LogP contribution >= 0.6 is 11.5 Å². The number of methoxy groups -OCH3 is 6. The molecule has 2 aromatic heterocycles. The molecule has 6 aromatic rings. The van der Waals surface area contributed by atoms with Crippen molar-refractivity contribution in [3.63, 3.8) is 0 Å². The molecule has 1 N–H and O–H groups in total. The molecule has 49 heavy (non-hydrogen) atoms. The van der Waals surface area contributed by atoms with E-state index in [1.54, 1.807) is 33.5 Å². The molecule has 13 heteroatoms. The van der Waals surface area contributed by atoms with E-state index >= 15 is 0 Å². The van der Waals surface area contributed by atoms with Gasteiger partial charge in [-0.1, -0.05) is 29.4 Å². The summed E-state index contributed by atoms with van der Waals surface area (Å²) in [6.07, 6.45) is 0. The van der Waals surface area contributed by atoms with Crippen molar-refractivity contribution < 1.29 is 37.7 Å². The molecule has 0 spiro atoms. The van der Waals surface area contributed by atoms with E-state index in [4.69, 9.17) is 37.9 Å². The van der Waals surface area contributed by atoms with Crippen molar-refractivity contribution in [2.75, 3.05) is 48.0 Å². The Balaban J connectivity index is 1.14. The van der Waals surface area contributed by atoms with E-state index in [2.05, 4.69) is 14.8 Å². The van der Waals surface area contributed by atoms with Crippen molar-refractivity contribution in [3.8, 4) is 79.0 Å². The van der Waals surface area contributed by atoms with Gasteiger partial charge in [-0.3, -0.25) is 4.79 Å². The van der Waals surface area contributed by atoms with Crippen LogP contribution in [0.25, 0.3) is 44.5 Å². The third kappa shape index (κ3) is 6.69. The fourth-order valence-electron chi connectivity index (χ4n) is 5.13. The number of anilines is 1. The highest BCUT2D eigenvalue weighted by Crippen LogP contribution is 2.42. The SMILES string of the molecule is COc1cc(C(=O)Nc2ccc(-c3nc(-c4ccc(-c5cc(-c6cc(OC)c(OC)c(OC)c6)on5)cc4)ns3)cc2)cc(OC)c1OC. The molecule has 0 saturated carbocycles. The first-order valence-corrected chi connectivity index (χ1v) is 15.6.